The van der Waals surface area contributed by atoms with Crippen LogP contribution in [0.5, 0.6) is 0 Å². The van der Waals surface area contributed by atoms with E-state index in [4.69, 9.17) is 16.3 Å². The van der Waals surface area contributed by atoms with Crippen LogP contribution in [0.3, 0.4) is 0 Å². The summed E-state index contributed by atoms with van der Waals surface area (Å²) in [5.41, 5.74) is -1.95. The molecular weight excluding hydrogens is 590 g/mol. The quantitative estimate of drug-likeness (QED) is 0.466. The molecule has 2 fully saturated rings. The van der Waals surface area contributed by atoms with Crippen molar-refractivity contribution in [1.29, 1.82) is 0 Å². The Labute approximate surface area is 250 Å². The van der Waals surface area contributed by atoms with Crippen LogP contribution in [-0.2, 0) is 29.1 Å². The van der Waals surface area contributed by atoms with Crippen molar-refractivity contribution in [3.05, 3.63) is 28.6 Å². The van der Waals surface area contributed by atoms with Crippen molar-refractivity contribution >= 4 is 56.7 Å². The molecule has 0 aromatic carbocycles. The van der Waals surface area contributed by atoms with E-state index < -0.39 is 45.1 Å². The fourth-order valence-corrected chi connectivity index (χ4v) is 8.14. The topological polar surface area (TPSA) is 139 Å². The minimum absolute atomic E-state index is 0.0837. The minimum Gasteiger partial charge on any atom is -0.444 e. The van der Waals surface area contributed by atoms with E-state index >= 15 is 0 Å². The van der Waals surface area contributed by atoms with Crippen LogP contribution in [0.25, 0.3) is 0 Å². The van der Waals surface area contributed by atoms with Crippen LogP contribution >= 0.6 is 22.9 Å². The number of halogens is 1. The average molecular weight is 628 g/mol. The first kappa shape index (κ1) is 31.5. The van der Waals surface area contributed by atoms with Crippen molar-refractivity contribution in [2.24, 2.45) is 11.3 Å². The lowest BCUT2D eigenvalue weighted by Gasteiger charge is -2.30. The highest BCUT2D eigenvalue weighted by Gasteiger charge is 2.61. The fourth-order valence-electron chi connectivity index (χ4n) is 5.60. The van der Waals surface area contributed by atoms with Gasteiger partial charge >= 0.3 is 6.09 Å². The van der Waals surface area contributed by atoms with Gasteiger partial charge in [-0.2, -0.15) is 0 Å². The predicted octanol–water partition coefficient (Wildman–Crippen LogP) is 4.58. The van der Waals surface area contributed by atoms with E-state index in [1.165, 1.54) is 17.0 Å². The summed E-state index contributed by atoms with van der Waals surface area (Å²) in [5, 5.41) is 2.71. The van der Waals surface area contributed by atoms with Crippen molar-refractivity contribution in [2.45, 2.75) is 100 Å². The molecule has 0 radical (unpaired) electrons. The first-order chi connectivity index (χ1) is 19.2. The third-order valence-electron chi connectivity index (χ3n) is 7.74. The summed E-state index contributed by atoms with van der Waals surface area (Å²) in [4.78, 5) is 54.9. The van der Waals surface area contributed by atoms with Gasteiger partial charge in [-0.05, 0) is 77.3 Å². The molecule has 1 saturated carbocycles. The average Bonchev–Trinajstić information content (AvgIpc) is 3.19. The number of rotatable bonds is 4. The van der Waals surface area contributed by atoms with Crippen LogP contribution < -0.4 is 10.0 Å². The van der Waals surface area contributed by atoms with Gasteiger partial charge in [0.2, 0.25) is 11.8 Å². The molecule has 3 amide bonds. The van der Waals surface area contributed by atoms with Gasteiger partial charge in [0.25, 0.3) is 10.0 Å². The molecule has 10 nitrogen and oxygen atoms in total. The number of ketones is 1. The van der Waals surface area contributed by atoms with E-state index in [2.05, 4.69) is 10.0 Å². The zero-order chi connectivity index (χ0) is 30.0. The smallest absolute Gasteiger partial charge is 0.408 e. The van der Waals surface area contributed by atoms with Crippen LogP contribution in [0, 0.1) is 11.3 Å². The van der Waals surface area contributed by atoms with Gasteiger partial charge in [0.05, 0.1) is 15.8 Å². The Kier molecular flexibility index (Phi) is 9.55. The number of amides is 3. The summed E-state index contributed by atoms with van der Waals surface area (Å²) >= 11 is 6.74. The molecule has 0 bridgehead atoms. The third kappa shape index (κ3) is 7.70. The highest BCUT2D eigenvalue weighted by atomic mass is 35.5. The minimum atomic E-state index is -4.16. The number of ether oxygens (including phenoxy) is 1. The lowest BCUT2D eigenvalue weighted by Crippen LogP contribution is -2.52. The molecule has 2 aliphatic heterocycles. The van der Waals surface area contributed by atoms with Gasteiger partial charge in [0.15, 0.2) is 5.78 Å². The molecule has 3 heterocycles. The van der Waals surface area contributed by atoms with Crippen LogP contribution in [-0.4, -0.2) is 61.2 Å². The largest absolute Gasteiger partial charge is 0.444 e. The lowest BCUT2D eigenvalue weighted by molar-refractivity contribution is -0.140. The van der Waals surface area contributed by atoms with Crippen molar-refractivity contribution in [1.82, 2.24) is 14.9 Å². The number of Topliss-reactive ketones (excluding diaryl/α,β-unsaturated/α-hetero) is 1. The molecule has 4 rings (SSSR count). The van der Waals surface area contributed by atoms with Crippen molar-refractivity contribution in [2.75, 3.05) is 6.54 Å². The zero-order valence-electron chi connectivity index (χ0n) is 23.6. The molecule has 1 aliphatic carbocycles. The molecule has 41 heavy (non-hydrogen) atoms. The number of carbonyl (C=O) groups excluding carboxylic acids is 4. The molecule has 2 N–H and O–H groups in total. The van der Waals surface area contributed by atoms with Gasteiger partial charge in [-0.25, -0.2) is 17.9 Å². The number of hydrogen-bond acceptors (Lipinski definition) is 8. The summed E-state index contributed by atoms with van der Waals surface area (Å²) in [6, 6.07) is 1.18. The van der Waals surface area contributed by atoms with E-state index in [1.54, 1.807) is 20.8 Å². The predicted molar refractivity (Wildman–Crippen MR) is 155 cm³/mol. The molecule has 0 spiro atoms. The number of thiophene rings is 1. The van der Waals surface area contributed by atoms with Gasteiger partial charge in [-0.3, -0.25) is 14.4 Å². The Morgan fingerprint density at radius 2 is 1.88 bits per heavy atom. The monoisotopic (exact) mass is 627 g/mol. The maximum absolute atomic E-state index is 13.7. The number of nitrogens with one attached hydrogen (secondary N) is 2. The van der Waals surface area contributed by atoms with Crippen molar-refractivity contribution in [3.8, 4) is 0 Å². The number of allylic oxidation sites excluding steroid dienone is 2. The number of sulfonamides is 1. The van der Waals surface area contributed by atoms with Crippen LogP contribution in [0.4, 0.5) is 4.79 Å². The first-order valence-corrected chi connectivity index (χ1v) is 16.7. The fraction of sp³-hybridized carbons (Fsp3) is 0.643. The van der Waals surface area contributed by atoms with Crippen molar-refractivity contribution < 1.29 is 32.3 Å². The summed E-state index contributed by atoms with van der Waals surface area (Å²) in [6.07, 6.45) is 7.91. The maximum atomic E-state index is 13.7. The third-order valence-corrected chi connectivity index (χ3v) is 10.8. The number of carbonyl (C=O) groups is 4. The van der Waals surface area contributed by atoms with Crippen LogP contribution in [0.15, 0.2) is 28.5 Å². The Balaban J connectivity index is 1.56. The number of alkyl carbamates (subject to hydrolysis) is 1. The molecule has 4 atom stereocenters. The molecule has 13 heteroatoms. The van der Waals surface area contributed by atoms with E-state index in [1.807, 2.05) is 12.2 Å². The summed E-state index contributed by atoms with van der Waals surface area (Å²) in [5.74, 6) is -1.65. The van der Waals surface area contributed by atoms with Crippen LogP contribution in [0.2, 0.25) is 4.34 Å². The van der Waals surface area contributed by atoms with Gasteiger partial charge in [-0.1, -0.05) is 36.6 Å². The maximum Gasteiger partial charge on any atom is 0.408 e. The molecule has 0 unspecified atom stereocenters. The summed E-state index contributed by atoms with van der Waals surface area (Å²) in [6.45, 7) is 5.58. The Hall–Kier alpha value is -2.44. The standard InChI is InChI=1S/C28H38ClN3O7S2/c1-27(2,3)39-26(36)30-19-11-8-6-4-5-7-10-18-16-28(18,17-21(33)20-12-9-15-32(20)24(19)34)25(35)31-41(37,38)23-14-13-22(29)40-23/h7,10,13-14,18-20H,4-6,8-9,11-12,15-17H2,1-3H3,(H,30,36)(H,31,35)/b10-7-/t18-,19+,20+,28-/m1/s1. The van der Waals surface area contributed by atoms with Gasteiger partial charge in [-0.15, -0.1) is 11.3 Å². The SMILES string of the molecule is CC(C)(C)OC(=O)N[C@H]1CCCCC/C=C\[C@@H]2C[C@@]2(C(=O)NS(=O)(=O)c2ccc(Cl)s2)CC(=O)[C@@H]2CCCN2C1=O. The summed E-state index contributed by atoms with van der Waals surface area (Å²) in [7, 11) is -4.16. The van der Waals surface area contributed by atoms with Gasteiger partial charge in [0, 0.05) is 13.0 Å². The Bertz CT molecular complexity index is 1320. The normalized spacial score (nSPS) is 28.5. The van der Waals surface area contributed by atoms with E-state index in [9.17, 15) is 27.6 Å². The van der Waals surface area contributed by atoms with Crippen molar-refractivity contribution in [3.63, 3.8) is 0 Å². The molecular formula is C28H38ClN3O7S2. The van der Waals surface area contributed by atoms with E-state index in [0.29, 0.717) is 38.6 Å². The molecule has 1 aromatic rings. The first-order valence-electron chi connectivity index (χ1n) is 14.0. The van der Waals surface area contributed by atoms with E-state index in [-0.39, 0.29) is 32.6 Å². The lowest BCUT2D eigenvalue weighted by atomic mass is 9.91. The molecule has 1 aromatic heterocycles. The molecule has 3 aliphatic rings. The second-order valence-electron chi connectivity index (χ2n) is 12.1. The van der Waals surface area contributed by atoms with E-state index in [0.717, 1.165) is 30.6 Å². The number of fused-ring (bicyclic) bond motifs is 2. The molecule has 1 saturated heterocycles. The number of hydrogen-bond donors (Lipinski definition) is 2. The Morgan fingerprint density at radius 1 is 1.12 bits per heavy atom. The number of nitrogens with zero attached hydrogens (tertiary/aromatic N) is 1. The van der Waals surface area contributed by atoms with Gasteiger partial charge < -0.3 is 15.0 Å². The van der Waals surface area contributed by atoms with Crippen LogP contribution in [0.1, 0.15) is 78.6 Å². The Morgan fingerprint density at radius 3 is 2.56 bits per heavy atom. The highest BCUT2D eigenvalue weighted by Crippen LogP contribution is 2.57. The second kappa shape index (κ2) is 12.4. The second-order valence-corrected chi connectivity index (χ2v) is 15.7. The highest BCUT2D eigenvalue weighted by molar-refractivity contribution is 7.92. The zero-order valence-corrected chi connectivity index (χ0v) is 26.0. The van der Waals surface area contributed by atoms with Gasteiger partial charge in [0.1, 0.15) is 15.9 Å². The summed E-state index contributed by atoms with van der Waals surface area (Å²) < 4.78 is 33.5. The molecule has 226 valence electrons.